The van der Waals surface area contributed by atoms with E-state index in [0.29, 0.717) is 4.75 Å². The van der Waals surface area contributed by atoms with Gasteiger partial charge in [-0.2, -0.15) is 5.10 Å². The van der Waals surface area contributed by atoms with E-state index in [1.165, 1.54) is 29.0 Å². The first kappa shape index (κ1) is 18.8. The van der Waals surface area contributed by atoms with Gasteiger partial charge in [0.05, 0.1) is 5.69 Å². The molecule has 0 bridgehead atoms. The van der Waals surface area contributed by atoms with Crippen molar-refractivity contribution in [1.82, 2.24) is 20.4 Å². The molecule has 140 valence electrons. The zero-order valence-corrected chi connectivity index (χ0v) is 17.0. The van der Waals surface area contributed by atoms with E-state index in [-0.39, 0.29) is 0 Å². The minimum Gasteiger partial charge on any atom is -0.356 e. The maximum Gasteiger partial charge on any atom is 0.191 e. The predicted molar refractivity (Wildman–Crippen MR) is 110 cm³/mol. The van der Waals surface area contributed by atoms with Gasteiger partial charge in [0, 0.05) is 42.5 Å². The Hall–Kier alpha value is -1.95. The first-order valence-electron chi connectivity index (χ1n) is 9.21. The van der Waals surface area contributed by atoms with Crippen LogP contribution in [0.4, 0.5) is 0 Å². The summed E-state index contributed by atoms with van der Waals surface area (Å²) in [5, 5.41) is 11.4. The fourth-order valence-corrected chi connectivity index (χ4v) is 4.39. The van der Waals surface area contributed by atoms with Crippen LogP contribution in [0.15, 0.2) is 40.2 Å². The largest absolute Gasteiger partial charge is 0.356 e. The molecule has 2 N–H and O–H groups in total. The van der Waals surface area contributed by atoms with Crippen LogP contribution in [0.25, 0.3) is 0 Å². The second kappa shape index (κ2) is 8.16. The van der Waals surface area contributed by atoms with E-state index >= 15 is 0 Å². The number of aromatic nitrogens is 2. The van der Waals surface area contributed by atoms with Crippen LogP contribution >= 0.6 is 11.8 Å². The molecule has 6 heteroatoms. The maximum absolute atomic E-state index is 4.49. The summed E-state index contributed by atoms with van der Waals surface area (Å²) in [6, 6.07) is 10.7. The minimum absolute atomic E-state index is 0.315. The fraction of sp³-hybridized carbons (Fsp3) is 0.500. The van der Waals surface area contributed by atoms with Gasteiger partial charge in [-0.3, -0.25) is 9.67 Å². The Kier molecular flexibility index (Phi) is 5.91. The number of rotatable bonds is 7. The van der Waals surface area contributed by atoms with Gasteiger partial charge in [0.1, 0.15) is 0 Å². The lowest BCUT2D eigenvalue weighted by atomic mass is 10.1. The van der Waals surface area contributed by atoms with Crippen LogP contribution < -0.4 is 10.6 Å². The quantitative estimate of drug-likeness (QED) is 0.580. The zero-order valence-electron chi connectivity index (χ0n) is 16.2. The molecule has 0 radical (unpaired) electrons. The minimum atomic E-state index is 0.315. The molecule has 0 spiro atoms. The summed E-state index contributed by atoms with van der Waals surface area (Å²) in [5.74, 6) is 0.879. The normalized spacial score (nSPS) is 15.8. The van der Waals surface area contributed by atoms with Crippen LogP contribution in [0.3, 0.4) is 0 Å². The van der Waals surface area contributed by atoms with Crippen molar-refractivity contribution in [2.24, 2.45) is 12.0 Å². The maximum atomic E-state index is 4.49. The highest BCUT2D eigenvalue weighted by atomic mass is 32.2. The second-order valence-corrected chi connectivity index (χ2v) is 8.52. The van der Waals surface area contributed by atoms with E-state index < -0.39 is 0 Å². The van der Waals surface area contributed by atoms with Crippen LogP contribution in [0, 0.1) is 13.8 Å². The number of hydrogen-bond acceptors (Lipinski definition) is 3. The van der Waals surface area contributed by atoms with Crippen LogP contribution in [0.2, 0.25) is 0 Å². The van der Waals surface area contributed by atoms with Crippen LogP contribution in [-0.4, -0.2) is 40.6 Å². The molecule has 0 atom stereocenters. The highest BCUT2D eigenvalue weighted by Crippen LogP contribution is 2.51. The van der Waals surface area contributed by atoms with Crippen LogP contribution in [-0.2, 0) is 13.5 Å². The molecule has 2 aromatic rings. The van der Waals surface area contributed by atoms with E-state index in [0.717, 1.165) is 31.2 Å². The number of hydrogen-bond donors (Lipinski definition) is 2. The molecule has 1 aromatic heterocycles. The van der Waals surface area contributed by atoms with Gasteiger partial charge >= 0.3 is 0 Å². The van der Waals surface area contributed by atoms with Crippen molar-refractivity contribution in [3.05, 3.63) is 47.3 Å². The SMILES string of the molecule is CN=C(NCCc1c(C)nn(C)c1C)NCC1(Sc2ccccc2)CC1. The molecule has 1 fully saturated rings. The lowest BCUT2D eigenvalue weighted by Gasteiger charge is -2.18. The smallest absolute Gasteiger partial charge is 0.191 e. The summed E-state index contributed by atoms with van der Waals surface area (Å²) in [5.41, 5.74) is 3.68. The summed E-state index contributed by atoms with van der Waals surface area (Å²) in [6.45, 7) is 6.00. The standard InChI is InChI=1S/C20H29N5S/c1-15-18(16(2)25(4)24-15)10-13-22-19(21-3)23-14-20(11-12-20)26-17-8-6-5-7-9-17/h5-9H,10-14H2,1-4H3,(H2,21,22,23). The second-order valence-electron chi connectivity index (χ2n) is 6.97. The molecule has 3 rings (SSSR count). The molecule has 0 unspecified atom stereocenters. The van der Waals surface area contributed by atoms with Gasteiger partial charge in [-0.25, -0.2) is 0 Å². The van der Waals surface area contributed by atoms with Crippen molar-refractivity contribution in [3.8, 4) is 0 Å². The highest BCUT2D eigenvalue weighted by molar-refractivity contribution is 8.01. The van der Waals surface area contributed by atoms with E-state index in [1.807, 2.05) is 30.5 Å². The van der Waals surface area contributed by atoms with Gasteiger partial charge in [-0.15, -0.1) is 11.8 Å². The molecule has 1 aliphatic rings. The molecule has 0 amide bonds. The van der Waals surface area contributed by atoms with Crippen molar-refractivity contribution in [3.63, 3.8) is 0 Å². The number of aliphatic imine (C=N–C) groups is 1. The van der Waals surface area contributed by atoms with Crippen molar-refractivity contribution >= 4 is 17.7 Å². The average Bonchev–Trinajstić information content (AvgIpc) is 3.35. The van der Waals surface area contributed by atoms with Crippen molar-refractivity contribution in [2.45, 2.75) is 42.8 Å². The number of nitrogens with zero attached hydrogens (tertiary/aromatic N) is 3. The van der Waals surface area contributed by atoms with Crippen LogP contribution in [0.5, 0.6) is 0 Å². The van der Waals surface area contributed by atoms with E-state index in [2.05, 4.69) is 64.9 Å². The lowest BCUT2D eigenvalue weighted by molar-refractivity contribution is 0.728. The Morgan fingerprint density at radius 2 is 1.96 bits per heavy atom. The van der Waals surface area contributed by atoms with E-state index in [4.69, 9.17) is 0 Å². The third-order valence-corrected chi connectivity index (χ3v) is 6.51. The first-order valence-corrected chi connectivity index (χ1v) is 10.0. The third-order valence-electron chi connectivity index (χ3n) is 5.01. The summed E-state index contributed by atoms with van der Waals surface area (Å²) in [4.78, 5) is 5.72. The molecule has 0 saturated heterocycles. The van der Waals surface area contributed by atoms with E-state index in [1.54, 1.807) is 0 Å². The summed E-state index contributed by atoms with van der Waals surface area (Å²) >= 11 is 1.98. The lowest BCUT2D eigenvalue weighted by Crippen LogP contribution is -2.41. The van der Waals surface area contributed by atoms with Gasteiger partial charge in [-0.1, -0.05) is 18.2 Å². The van der Waals surface area contributed by atoms with Gasteiger partial charge < -0.3 is 10.6 Å². The molecule has 5 nitrogen and oxygen atoms in total. The Morgan fingerprint density at radius 3 is 2.54 bits per heavy atom. The number of benzene rings is 1. The van der Waals surface area contributed by atoms with Crippen molar-refractivity contribution < 1.29 is 0 Å². The molecule has 1 heterocycles. The number of nitrogens with one attached hydrogen (secondary N) is 2. The Bertz CT molecular complexity index is 762. The molecule has 1 saturated carbocycles. The monoisotopic (exact) mass is 371 g/mol. The van der Waals surface area contributed by atoms with Crippen LogP contribution in [0.1, 0.15) is 29.8 Å². The molecule has 1 aromatic carbocycles. The number of guanidine groups is 1. The van der Waals surface area contributed by atoms with Gasteiger partial charge in [0.2, 0.25) is 0 Å². The molecule has 1 aliphatic carbocycles. The zero-order chi connectivity index (χ0) is 18.6. The summed E-state index contributed by atoms with van der Waals surface area (Å²) in [6.07, 6.45) is 3.46. The molecule has 26 heavy (non-hydrogen) atoms. The first-order chi connectivity index (χ1) is 12.5. The Balaban J connectivity index is 1.46. The fourth-order valence-electron chi connectivity index (χ4n) is 3.14. The predicted octanol–water partition coefficient (Wildman–Crippen LogP) is 3.07. The Labute approximate surface area is 160 Å². The Morgan fingerprint density at radius 1 is 1.23 bits per heavy atom. The summed E-state index contributed by atoms with van der Waals surface area (Å²) < 4.78 is 2.27. The van der Waals surface area contributed by atoms with Gasteiger partial charge in [0.25, 0.3) is 0 Å². The number of thioether (sulfide) groups is 1. The van der Waals surface area contributed by atoms with Gasteiger partial charge in [0.15, 0.2) is 5.96 Å². The highest BCUT2D eigenvalue weighted by Gasteiger charge is 2.43. The molecular weight excluding hydrogens is 342 g/mol. The van der Waals surface area contributed by atoms with E-state index in [9.17, 15) is 0 Å². The topological polar surface area (TPSA) is 54.2 Å². The molecule has 0 aliphatic heterocycles. The van der Waals surface area contributed by atoms with Crippen molar-refractivity contribution in [1.29, 1.82) is 0 Å². The van der Waals surface area contributed by atoms with Gasteiger partial charge in [-0.05, 0) is 50.8 Å². The van der Waals surface area contributed by atoms with Crippen molar-refractivity contribution in [2.75, 3.05) is 20.1 Å². The molecular formula is C20H29N5S. The average molecular weight is 372 g/mol. The number of aryl methyl sites for hydroxylation is 2. The third kappa shape index (κ3) is 4.61. The summed E-state index contributed by atoms with van der Waals surface area (Å²) in [7, 11) is 3.83.